The van der Waals surface area contributed by atoms with E-state index in [1.807, 2.05) is 19.9 Å². The van der Waals surface area contributed by atoms with Crippen LogP contribution in [0.25, 0.3) is 0 Å². The highest BCUT2D eigenvalue weighted by atomic mass is 32.2. The maximum Gasteiger partial charge on any atom is 0.238 e. The molecule has 0 bridgehead atoms. The average molecular weight is 228 g/mol. The number of aromatic nitrogens is 1. The molecule has 15 heavy (non-hydrogen) atoms. The lowest BCUT2D eigenvalue weighted by Crippen LogP contribution is -2.04. The number of nitrogens with two attached hydrogens (primary N) is 1. The highest BCUT2D eigenvalue weighted by molar-refractivity contribution is 7.99. The predicted molar refractivity (Wildman–Crippen MR) is 62.2 cm³/mol. The van der Waals surface area contributed by atoms with Crippen molar-refractivity contribution in [1.29, 1.82) is 0 Å². The van der Waals surface area contributed by atoms with E-state index in [4.69, 9.17) is 15.6 Å². The minimum atomic E-state index is 0.121. The van der Waals surface area contributed by atoms with E-state index in [9.17, 15) is 0 Å². The van der Waals surface area contributed by atoms with Crippen LogP contribution in [-0.2, 0) is 0 Å². The van der Waals surface area contributed by atoms with E-state index in [0.29, 0.717) is 18.2 Å². The normalized spacial score (nSPS) is 12.5. The Hall–Kier alpha value is -0.940. The van der Waals surface area contributed by atoms with Crippen LogP contribution in [0.1, 0.15) is 13.8 Å². The molecule has 4 nitrogen and oxygen atoms in total. The summed E-state index contributed by atoms with van der Waals surface area (Å²) in [7, 11) is 0. The third-order valence-corrected chi connectivity index (χ3v) is 2.74. The van der Waals surface area contributed by atoms with Gasteiger partial charge in [0.05, 0.1) is 18.9 Å². The van der Waals surface area contributed by atoms with Crippen molar-refractivity contribution in [2.45, 2.75) is 24.1 Å². The fourth-order valence-corrected chi connectivity index (χ4v) is 1.76. The lowest BCUT2D eigenvalue weighted by Gasteiger charge is -2.10. The van der Waals surface area contributed by atoms with Crippen LogP contribution in [0.15, 0.2) is 17.2 Å². The van der Waals surface area contributed by atoms with Crippen LogP contribution in [-0.4, -0.2) is 28.6 Å². The predicted octanol–water partition coefficient (Wildman–Crippen LogP) is 1.54. The van der Waals surface area contributed by atoms with Crippen molar-refractivity contribution in [2.24, 2.45) is 0 Å². The van der Waals surface area contributed by atoms with Gasteiger partial charge in [-0.15, -0.1) is 11.8 Å². The highest BCUT2D eigenvalue weighted by Gasteiger charge is 2.07. The highest BCUT2D eigenvalue weighted by Crippen LogP contribution is 2.26. The molecule has 84 valence electrons. The Balaban J connectivity index is 2.77. The number of aliphatic hydroxyl groups is 1. The first-order valence-corrected chi connectivity index (χ1v) is 5.72. The summed E-state index contributed by atoms with van der Waals surface area (Å²) >= 11 is 1.50. The minimum Gasteiger partial charge on any atom is -0.476 e. The van der Waals surface area contributed by atoms with Gasteiger partial charge in [0.15, 0.2) is 0 Å². The Kier molecular flexibility index (Phi) is 4.71. The zero-order chi connectivity index (χ0) is 11.3. The van der Waals surface area contributed by atoms with Crippen molar-refractivity contribution < 1.29 is 9.84 Å². The molecule has 0 aliphatic heterocycles. The second kappa shape index (κ2) is 5.82. The molecule has 0 spiro atoms. The molecule has 0 saturated heterocycles. The molecule has 3 N–H and O–H groups in total. The summed E-state index contributed by atoms with van der Waals surface area (Å²) in [4.78, 5) is 4.25. The summed E-state index contributed by atoms with van der Waals surface area (Å²) in [6.07, 6.45) is 0. The maximum absolute atomic E-state index is 8.92. The number of hydrogen-bond donors (Lipinski definition) is 2. The third kappa shape index (κ3) is 3.60. The van der Waals surface area contributed by atoms with Crippen LogP contribution in [0.4, 0.5) is 5.69 Å². The summed E-state index contributed by atoms with van der Waals surface area (Å²) < 4.78 is 5.28. The average Bonchev–Trinajstić information content (AvgIpc) is 2.23. The number of aliphatic hydroxyl groups excluding tert-OH is 1. The van der Waals surface area contributed by atoms with E-state index in [-0.39, 0.29) is 11.9 Å². The molecule has 0 aromatic carbocycles. The van der Waals surface area contributed by atoms with Crippen LogP contribution in [0.5, 0.6) is 5.88 Å². The Morgan fingerprint density at radius 2 is 2.33 bits per heavy atom. The van der Waals surface area contributed by atoms with Crippen molar-refractivity contribution in [3.8, 4) is 5.88 Å². The first kappa shape index (κ1) is 12.1. The zero-order valence-corrected chi connectivity index (χ0v) is 9.75. The van der Waals surface area contributed by atoms with Crippen LogP contribution in [0.2, 0.25) is 0 Å². The molecular weight excluding hydrogens is 212 g/mol. The van der Waals surface area contributed by atoms with Gasteiger partial charge in [-0.1, -0.05) is 6.92 Å². The zero-order valence-electron chi connectivity index (χ0n) is 8.93. The van der Waals surface area contributed by atoms with Crippen molar-refractivity contribution in [3.63, 3.8) is 0 Å². The van der Waals surface area contributed by atoms with E-state index in [1.165, 1.54) is 11.8 Å². The van der Waals surface area contributed by atoms with Gasteiger partial charge < -0.3 is 15.6 Å². The topological polar surface area (TPSA) is 68.4 Å². The number of nitrogen functional groups attached to an aromatic ring is 1. The van der Waals surface area contributed by atoms with Crippen LogP contribution < -0.4 is 10.5 Å². The number of anilines is 1. The largest absolute Gasteiger partial charge is 0.476 e. The Bertz CT molecular complexity index is 320. The Labute approximate surface area is 93.8 Å². The summed E-state index contributed by atoms with van der Waals surface area (Å²) in [5, 5.41) is 9.85. The number of thioether (sulfide) groups is 1. The quantitative estimate of drug-likeness (QED) is 0.748. The number of ether oxygens (including phenoxy) is 1. The molecule has 0 amide bonds. The number of nitrogens with zero attached hydrogens (tertiary/aromatic N) is 1. The van der Waals surface area contributed by atoms with Gasteiger partial charge in [0.1, 0.15) is 5.03 Å². The van der Waals surface area contributed by atoms with Crippen molar-refractivity contribution in [2.75, 3.05) is 18.9 Å². The Morgan fingerprint density at radius 3 is 2.93 bits per heavy atom. The van der Waals surface area contributed by atoms with Gasteiger partial charge in [-0.05, 0) is 19.1 Å². The molecule has 0 fully saturated rings. The lowest BCUT2D eigenvalue weighted by molar-refractivity contribution is 0.299. The number of rotatable bonds is 5. The van der Waals surface area contributed by atoms with Crippen LogP contribution in [0.3, 0.4) is 0 Å². The molecule has 1 atom stereocenters. The van der Waals surface area contributed by atoms with Gasteiger partial charge in [0.2, 0.25) is 5.88 Å². The van der Waals surface area contributed by atoms with Crippen molar-refractivity contribution in [3.05, 3.63) is 12.1 Å². The summed E-state index contributed by atoms with van der Waals surface area (Å²) in [5.41, 5.74) is 6.23. The van der Waals surface area contributed by atoms with Crippen molar-refractivity contribution in [1.82, 2.24) is 4.98 Å². The molecule has 5 heteroatoms. The molecule has 1 heterocycles. The van der Waals surface area contributed by atoms with E-state index in [2.05, 4.69) is 4.98 Å². The lowest BCUT2D eigenvalue weighted by atomic mass is 10.4. The summed E-state index contributed by atoms with van der Waals surface area (Å²) in [6, 6.07) is 3.60. The smallest absolute Gasteiger partial charge is 0.238 e. The first-order valence-electron chi connectivity index (χ1n) is 4.84. The molecule has 1 aromatic rings. The van der Waals surface area contributed by atoms with Gasteiger partial charge in [-0.2, -0.15) is 0 Å². The standard InChI is InChI=1S/C10H16N2O2S/c1-3-14-10-8(11)4-5-9(12-10)15-7(2)6-13/h4-5,7,13H,3,6,11H2,1-2H3. The minimum absolute atomic E-state index is 0.121. The third-order valence-electron chi connectivity index (χ3n) is 1.72. The van der Waals surface area contributed by atoms with Gasteiger partial charge in [-0.25, -0.2) is 4.98 Å². The van der Waals surface area contributed by atoms with Crippen LogP contribution >= 0.6 is 11.8 Å². The van der Waals surface area contributed by atoms with E-state index in [0.717, 1.165) is 5.03 Å². The molecule has 1 unspecified atom stereocenters. The monoisotopic (exact) mass is 228 g/mol. The SMILES string of the molecule is CCOc1nc(SC(C)CO)ccc1N. The molecule has 0 aliphatic rings. The van der Waals surface area contributed by atoms with E-state index < -0.39 is 0 Å². The molecule has 1 aromatic heterocycles. The van der Waals surface area contributed by atoms with Crippen molar-refractivity contribution >= 4 is 17.4 Å². The van der Waals surface area contributed by atoms with Crippen LogP contribution in [0, 0.1) is 0 Å². The molecule has 0 radical (unpaired) electrons. The van der Waals surface area contributed by atoms with Gasteiger partial charge in [0.25, 0.3) is 0 Å². The summed E-state index contributed by atoms with van der Waals surface area (Å²) in [6.45, 7) is 4.49. The summed E-state index contributed by atoms with van der Waals surface area (Å²) in [5.74, 6) is 0.465. The first-order chi connectivity index (χ1) is 7.17. The van der Waals surface area contributed by atoms with Gasteiger partial charge in [-0.3, -0.25) is 0 Å². The fraction of sp³-hybridized carbons (Fsp3) is 0.500. The van der Waals surface area contributed by atoms with E-state index >= 15 is 0 Å². The number of hydrogen-bond acceptors (Lipinski definition) is 5. The molecule has 0 aliphatic carbocycles. The number of pyridine rings is 1. The molecule has 1 rings (SSSR count). The second-order valence-corrected chi connectivity index (χ2v) is 4.55. The molecular formula is C10H16N2O2S. The maximum atomic E-state index is 8.92. The Morgan fingerprint density at radius 1 is 1.60 bits per heavy atom. The molecule has 0 saturated carbocycles. The van der Waals surface area contributed by atoms with Gasteiger partial charge in [0, 0.05) is 5.25 Å². The second-order valence-electron chi connectivity index (χ2n) is 3.09. The van der Waals surface area contributed by atoms with E-state index in [1.54, 1.807) is 6.07 Å². The van der Waals surface area contributed by atoms with Gasteiger partial charge >= 0.3 is 0 Å². The fourth-order valence-electron chi connectivity index (χ4n) is 0.996.